The van der Waals surface area contributed by atoms with Gasteiger partial charge in [0, 0.05) is 34.8 Å². The second-order valence-electron chi connectivity index (χ2n) is 8.82. The molecule has 0 amide bonds. The molecule has 0 aliphatic heterocycles. The zero-order chi connectivity index (χ0) is 23.8. The molecule has 2 heterocycles. The van der Waals surface area contributed by atoms with Gasteiger partial charge in [-0.1, -0.05) is 41.7 Å². The first-order valence-corrected chi connectivity index (χ1v) is 12.3. The number of aliphatic carboxylic acids is 1. The van der Waals surface area contributed by atoms with Gasteiger partial charge in [-0.05, 0) is 61.4 Å². The van der Waals surface area contributed by atoms with Crippen molar-refractivity contribution in [1.82, 2.24) is 9.97 Å². The highest BCUT2D eigenvalue weighted by atomic mass is 32.1. The third-order valence-electron chi connectivity index (χ3n) is 6.46. The van der Waals surface area contributed by atoms with Gasteiger partial charge in [-0.25, -0.2) is 4.98 Å². The molecule has 1 fully saturated rings. The summed E-state index contributed by atoms with van der Waals surface area (Å²) in [4.78, 5) is 20.9. The standard InChI is InChI=1S/C28H23N3O3S/c32-26(33)28(14-15-28)17-30-27-31-24(25(35-27)22-7-4-8-23-21(22)13-16-29-23)18-9-11-20(12-10-18)34-19-5-2-1-3-6-19/h1-13,16,29H,14-15,17H2,(H,30,31)(H,32,33). The highest BCUT2D eigenvalue weighted by Crippen LogP contribution is 2.47. The largest absolute Gasteiger partial charge is 0.481 e. The summed E-state index contributed by atoms with van der Waals surface area (Å²) in [5, 5.41) is 14.7. The lowest BCUT2D eigenvalue weighted by Gasteiger charge is -2.09. The smallest absolute Gasteiger partial charge is 0.311 e. The molecular formula is C28H23N3O3S. The van der Waals surface area contributed by atoms with E-state index in [4.69, 9.17) is 9.72 Å². The average molecular weight is 482 g/mol. The number of fused-ring (bicyclic) bond motifs is 1. The van der Waals surface area contributed by atoms with Crippen molar-refractivity contribution in [2.45, 2.75) is 12.8 Å². The number of nitrogens with zero attached hydrogens (tertiary/aromatic N) is 1. The molecule has 2 aromatic heterocycles. The average Bonchev–Trinajstić information content (AvgIpc) is 3.32. The number of aromatic amines is 1. The molecule has 6 nitrogen and oxygen atoms in total. The number of anilines is 1. The van der Waals surface area contributed by atoms with Crippen molar-refractivity contribution >= 4 is 33.3 Å². The first-order valence-electron chi connectivity index (χ1n) is 11.5. The van der Waals surface area contributed by atoms with E-state index >= 15 is 0 Å². The number of carbonyl (C=O) groups is 1. The summed E-state index contributed by atoms with van der Waals surface area (Å²) in [5.41, 5.74) is 3.32. The second-order valence-corrected chi connectivity index (χ2v) is 9.82. The number of carboxylic acids is 1. The number of H-pyrrole nitrogens is 1. The Morgan fingerprint density at radius 2 is 1.77 bits per heavy atom. The highest BCUT2D eigenvalue weighted by Gasteiger charge is 2.50. The molecule has 35 heavy (non-hydrogen) atoms. The van der Waals surface area contributed by atoms with Crippen LogP contribution < -0.4 is 10.1 Å². The minimum atomic E-state index is -0.743. The predicted octanol–water partition coefficient (Wildman–Crippen LogP) is 7.03. The Hall–Kier alpha value is -4.10. The summed E-state index contributed by atoms with van der Waals surface area (Å²) in [7, 11) is 0. The highest BCUT2D eigenvalue weighted by molar-refractivity contribution is 7.19. The molecule has 0 saturated heterocycles. The molecule has 6 rings (SSSR count). The van der Waals surface area contributed by atoms with Crippen molar-refractivity contribution in [2.24, 2.45) is 5.41 Å². The van der Waals surface area contributed by atoms with Gasteiger partial charge in [0.05, 0.1) is 16.0 Å². The van der Waals surface area contributed by atoms with Crippen molar-refractivity contribution < 1.29 is 14.6 Å². The number of para-hydroxylation sites is 1. The van der Waals surface area contributed by atoms with Crippen molar-refractivity contribution in [3.63, 3.8) is 0 Å². The van der Waals surface area contributed by atoms with Crippen LogP contribution in [0.15, 0.2) is 85.1 Å². The van der Waals surface area contributed by atoms with Crippen LogP contribution in [0.5, 0.6) is 11.5 Å². The van der Waals surface area contributed by atoms with Crippen LogP contribution in [0.25, 0.3) is 32.6 Å². The molecule has 0 unspecified atom stereocenters. The van der Waals surface area contributed by atoms with E-state index in [1.54, 1.807) is 11.3 Å². The monoisotopic (exact) mass is 481 g/mol. The third-order valence-corrected chi connectivity index (χ3v) is 7.51. The molecule has 0 radical (unpaired) electrons. The minimum absolute atomic E-state index is 0.382. The summed E-state index contributed by atoms with van der Waals surface area (Å²) >= 11 is 1.55. The lowest BCUT2D eigenvalue weighted by Crippen LogP contribution is -2.24. The van der Waals surface area contributed by atoms with Gasteiger partial charge < -0.3 is 20.1 Å². The number of aromatic nitrogens is 2. The minimum Gasteiger partial charge on any atom is -0.481 e. The first-order chi connectivity index (χ1) is 17.1. The SMILES string of the molecule is O=C(O)C1(CNc2nc(-c3ccc(Oc4ccccc4)cc3)c(-c3cccc4[nH]ccc34)s2)CC1. The number of hydrogen-bond acceptors (Lipinski definition) is 5. The number of thiazole rings is 1. The molecule has 1 aliphatic carbocycles. The van der Waals surface area contributed by atoms with E-state index in [0.717, 1.165) is 49.2 Å². The van der Waals surface area contributed by atoms with Crippen LogP contribution >= 0.6 is 11.3 Å². The number of benzene rings is 3. The fourth-order valence-electron chi connectivity index (χ4n) is 4.22. The number of rotatable bonds is 8. The van der Waals surface area contributed by atoms with Crippen molar-refractivity contribution in [3.05, 3.63) is 85.1 Å². The van der Waals surface area contributed by atoms with E-state index in [-0.39, 0.29) is 0 Å². The Labute approximate surface area is 206 Å². The third kappa shape index (κ3) is 4.15. The molecule has 1 aliphatic rings. The van der Waals surface area contributed by atoms with Gasteiger partial charge in [0.15, 0.2) is 5.13 Å². The Morgan fingerprint density at radius 1 is 1.00 bits per heavy atom. The van der Waals surface area contributed by atoms with Gasteiger partial charge in [-0.2, -0.15) is 0 Å². The molecule has 0 spiro atoms. The maximum absolute atomic E-state index is 11.6. The number of hydrogen-bond donors (Lipinski definition) is 3. The fourth-order valence-corrected chi connectivity index (χ4v) is 5.25. The topological polar surface area (TPSA) is 87.2 Å². The van der Waals surface area contributed by atoms with Gasteiger partial charge in [0.25, 0.3) is 0 Å². The van der Waals surface area contributed by atoms with E-state index < -0.39 is 11.4 Å². The Balaban J connectivity index is 1.36. The Bertz CT molecular complexity index is 1500. The van der Waals surface area contributed by atoms with Crippen LogP contribution in [0, 0.1) is 5.41 Å². The van der Waals surface area contributed by atoms with Crippen molar-refractivity contribution in [3.8, 4) is 33.2 Å². The van der Waals surface area contributed by atoms with E-state index in [2.05, 4.69) is 28.5 Å². The summed E-state index contributed by atoms with van der Waals surface area (Å²) in [6, 6.07) is 25.9. The first kappa shape index (κ1) is 21.4. The van der Waals surface area contributed by atoms with E-state index in [0.29, 0.717) is 19.4 Å². The van der Waals surface area contributed by atoms with Gasteiger partial charge in [-0.3, -0.25) is 4.79 Å². The molecular weight excluding hydrogens is 458 g/mol. The van der Waals surface area contributed by atoms with Crippen LogP contribution in [-0.2, 0) is 4.79 Å². The number of carboxylic acid groups (broad SMARTS) is 1. The van der Waals surface area contributed by atoms with Crippen LogP contribution in [0.2, 0.25) is 0 Å². The van der Waals surface area contributed by atoms with Crippen LogP contribution in [0.3, 0.4) is 0 Å². The quantitative estimate of drug-likeness (QED) is 0.221. The summed E-state index contributed by atoms with van der Waals surface area (Å²) in [6.45, 7) is 0.382. The summed E-state index contributed by atoms with van der Waals surface area (Å²) in [6.07, 6.45) is 3.34. The summed E-state index contributed by atoms with van der Waals surface area (Å²) < 4.78 is 5.95. The van der Waals surface area contributed by atoms with Gasteiger partial charge in [-0.15, -0.1) is 0 Å². The van der Waals surface area contributed by atoms with E-state index in [1.807, 2.05) is 66.9 Å². The molecule has 3 aromatic carbocycles. The molecule has 0 bridgehead atoms. The van der Waals surface area contributed by atoms with E-state index in [1.165, 1.54) is 0 Å². The van der Waals surface area contributed by atoms with Crippen LogP contribution in [0.4, 0.5) is 5.13 Å². The lowest BCUT2D eigenvalue weighted by molar-refractivity contribution is -0.142. The number of nitrogens with one attached hydrogen (secondary N) is 2. The van der Waals surface area contributed by atoms with Gasteiger partial charge in [0.2, 0.25) is 0 Å². The van der Waals surface area contributed by atoms with Crippen molar-refractivity contribution in [2.75, 3.05) is 11.9 Å². The second kappa shape index (κ2) is 8.60. The van der Waals surface area contributed by atoms with E-state index in [9.17, 15) is 9.90 Å². The van der Waals surface area contributed by atoms with Gasteiger partial charge >= 0.3 is 5.97 Å². The Morgan fingerprint density at radius 3 is 2.51 bits per heavy atom. The van der Waals surface area contributed by atoms with Crippen molar-refractivity contribution in [1.29, 1.82) is 0 Å². The molecule has 1 saturated carbocycles. The Kier molecular flexibility index (Phi) is 5.26. The zero-order valence-electron chi connectivity index (χ0n) is 18.8. The maximum atomic E-state index is 11.6. The zero-order valence-corrected chi connectivity index (χ0v) is 19.6. The van der Waals surface area contributed by atoms with Gasteiger partial charge in [0.1, 0.15) is 11.5 Å². The fraction of sp³-hybridized carbons (Fsp3) is 0.143. The van der Waals surface area contributed by atoms with Crippen LogP contribution in [0.1, 0.15) is 12.8 Å². The molecule has 174 valence electrons. The predicted molar refractivity (Wildman–Crippen MR) is 139 cm³/mol. The molecule has 7 heteroatoms. The molecule has 0 atom stereocenters. The molecule has 5 aromatic rings. The molecule has 3 N–H and O–H groups in total. The summed E-state index contributed by atoms with van der Waals surface area (Å²) in [5.74, 6) is 0.792. The lowest BCUT2D eigenvalue weighted by atomic mass is 10.0. The van der Waals surface area contributed by atoms with Crippen LogP contribution in [-0.4, -0.2) is 27.6 Å². The maximum Gasteiger partial charge on any atom is 0.311 e. The normalized spacial score (nSPS) is 14.1. The number of ether oxygens (including phenoxy) is 1.